The maximum atomic E-state index is 12.9. The molecular formula is C24H28N6O3S2. The predicted octanol–water partition coefficient (Wildman–Crippen LogP) is 3.00. The van der Waals surface area contributed by atoms with Gasteiger partial charge in [-0.3, -0.25) is 19.4 Å². The largest absolute Gasteiger partial charge is 0.351 e. The maximum Gasteiger partial charge on any atom is 0.270 e. The van der Waals surface area contributed by atoms with Crippen LogP contribution in [0.15, 0.2) is 26.9 Å². The van der Waals surface area contributed by atoms with Gasteiger partial charge in [0, 0.05) is 29.1 Å². The SMILES string of the molecule is CCCNC(=O)c1csc(-c2csc(CNC(=O)CC3=C(C4=N[C@@H](C)CC4)C(=O)NC34CC4)n2)n1. The Bertz CT molecular complexity index is 1240. The van der Waals surface area contributed by atoms with E-state index in [1.807, 2.05) is 12.3 Å². The fraction of sp³-hybridized carbons (Fsp3) is 0.500. The highest BCUT2D eigenvalue weighted by molar-refractivity contribution is 7.14. The summed E-state index contributed by atoms with van der Waals surface area (Å²) < 4.78 is 0. The first-order chi connectivity index (χ1) is 16.9. The van der Waals surface area contributed by atoms with E-state index in [1.165, 1.54) is 22.7 Å². The molecule has 0 saturated heterocycles. The number of nitrogens with zero attached hydrogens (tertiary/aromatic N) is 3. The molecule has 1 atom stereocenters. The summed E-state index contributed by atoms with van der Waals surface area (Å²) in [5.74, 6) is -0.404. The van der Waals surface area contributed by atoms with Gasteiger partial charge in [0.25, 0.3) is 11.8 Å². The molecule has 3 N–H and O–H groups in total. The number of hydrogen-bond donors (Lipinski definition) is 3. The molecule has 0 bridgehead atoms. The molecule has 1 spiro atoms. The number of carbonyl (C=O) groups excluding carboxylic acids is 3. The van der Waals surface area contributed by atoms with Crippen molar-refractivity contribution in [2.45, 2.75) is 70.5 Å². The molecule has 4 heterocycles. The summed E-state index contributed by atoms with van der Waals surface area (Å²) in [7, 11) is 0. The summed E-state index contributed by atoms with van der Waals surface area (Å²) in [5, 5.41) is 13.9. The van der Waals surface area contributed by atoms with Crippen LogP contribution in [-0.4, -0.2) is 51.5 Å². The van der Waals surface area contributed by atoms with Gasteiger partial charge in [-0.05, 0) is 44.6 Å². The highest BCUT2D eigenvalue weighted by atomic mass is 32.1. The van der Waals surface area contributed by atoms with Crippen LogP contribution < -0.4 is 16.0 Å². The molecule has 1 aliphatic carbocycles. The molecule has 2 aromatic heterocycles. The Balaban J connectivity index is 1.22. The van der Waals surface area contributed by atoms with Crippen molar-refractivity contribution in [1.82, 2.24) is 25.9 Å². The van der Waals surface area contributed by atoms with Gasteiger partial charge in [0.1, 0.15) is 21.4 Å². The van der Waals surface area contributed by atoms with Crippen molar-refractivity contribution in [3.8, 4) is 10.7 Å². The Morgan fingerprint density at radius 2 is 2.03 bits per heavy atom. The third kappa shape index (κ3) is 4.92. The summed E-state index contributed by atoms with van der Waals surface area (Å²) >= 11 is 2.81. The number of nitrogens with one attached hydrogen (secondary N) is 3. The second-order valence-electron chi connectivity index (χ2n) is 9.23. The van der Waals surface area contributed by atoms with Gasteiger partial charge in [-0.25, -0.2) is 9.97 Å². The average Bonchev–Trinajstić information content (AvgIpc) is 3.25. The number of amides is 3. The fourth-order valence-electron chi connectivity index (χ4n) is 4.49. The summed E-state index contributed by atoms with van der Waals surface area (Å²) in [5.41, 5.74) is 3.11. The third-order valence-corrected chi connectivity index (χ3v) is 8.20. The smallest absolute Gasteiger partial charge is 0.270 e. The van der Waals surface area contributed by atoms with E-state index in [1.54, 1.807) is 5.38 Å². The second-order valence-corrected chi connectivity index (χ2v) is 11.0. The number of aromatic nitrogens is 2. The number of thiazole rings is 2. The van der Waals surface area contributed by atoms with E-state index in [0.29, 0.717) is 35.1 Å². The van der Waals surface area contributed by atoms with E-state index in [9.17, 15) is 14.4 Å². The van der Waals surface area contributed by atoms with E-state index < -0.39 is 0 Å². The number of rotatable bonds is 9. The van der Waals surface area contributed by atoms with E-state index in [0.717, 1.165) is 48.4 Å². The van der Waals surface area contributed by atoms with E-state index in [2.05, 4.69) is 37.8 Å². The molecule has 35 heavy (non-hydrogen) atoms. The van der Waals surface area contributed by atoms with Crippen molar-refractivity contribution < 1.29 is 14.4 Å². The first-order valence-corrected chi connectivity index (χ1v) is 13.7. The van der Waals surface area contributed by atoms with Crippen molar-refractivity contribution in [3.05, 3.63) is 32.6 Å². The molecule has 0 radical (unpaired) electrons. The Morgan fingerprint density at radius 1 is 1.20 bits per heavy atom. The zero-order valence-electron chi connectivity index (χ0n) is 19.8. The molecule has 9 nitrogen and oxygen atoms in total. The standard InChI is InChI=1S/C24H28N6O3S2/c1-3-8-25-21(32)16-11-35-23(29-16)17-12-34-19(28-17)10-26-18(31)9-14-20(15-5-4-13(2)27-15)22(33)30-24(14)6-7-24/h11-13H,3-10H2,1-2H3,(H,25,32)(H,26,31)(H,30,33)/t13-/m0/s1. The monoisotopic (exact) mass is 512 g/mol. The lowest BCUT2D eigenvalue weighted by molar-refractivity contribution is -0.120. The number of aliphatic imine (C=N–C) groups is 1. The van der Waals surface area contributed by atoms with Crippen LogP contribution in [0.2, 0.25) is 0 Å². The molecule has 0 unspecified atom stereocenters. The van der Waals surface area contributed by atoms with E-state index in [-0.39, 0.29) is 35.7 Å². The first kappa shape index (κ1) is 23.8. The van der Waals surface area contributed by atoms with Gasteiger partial charge in [0.2, 0.25) is 5.91 Å². The van der Waals surface area contributed by atoms with Gasteiger partial charge in [-0.2, -0.15) is 0 Å². The van der Waals surface area contributed by atoms with Gasteiger partial charge in [0.05, 0.1) is 24.1 Å². The predicted molar refractivity (Wildman–Crippen MR) is 136 cm³/mol. The Kier molecular flexibility index (Phi) is 6.54. The molecule has 0 aromatic carbocycles. The van der Waals surface area contributed by atoms with Crippen LogP contribution >= 0.6 is 22.7 Å². The van der Waals surface area contributed by atoms with Crippen LogP contribution in [0, 0.1) is 0 Å². The van der Waals surface area contributed by atoms with E-state index >= 15 is 0 Å². The molecule has 2 aliphatic heterocycles. The molecule has 11 heteroatoms. The van der Waals surface area contributed by atoms with Gasteiger partial charge in [-0.15, -0.1) is 22.7 Å². The molecule has 1 saturated carbocycles. The Hall–Kier alpha value is -2.92. The highest BCUT2D eigenvalue weighted by Gasteiger charge is 2.54. The Labute approximate surface area is 211 Å². The quantitative estimate of drug-likeness (QED) is 0.476. The van der Waals surface area contributed by atoms with Crippen LogP contribution in [-0.2, 0) is 16.1 Å². The summed E-state index contributed by atoms with van der Waals surface area (Å²) in [4.78, 5) is 51.3. The Morgan fingerprint density at radius 3 is 2.74 bits per heavy atom. The lowest BCUT2D eigenvalue weighted by Crippen LogP contribution is -2.32. The third-order valence-electron chi connectivity index (χ3n) is 6.49. The zero-order chi connectivity index (χ0) is 24.6. The maximum absolute atomic E-state index is 12.9. The van der Waals surface area contributed by atoms with Gasteiger partial charge < -0.3 is 16.0 Å². The average molecular weight is 513 g/mol. The highest BCUT2D eigenvalue weighted by Crippen LogP contribution is 2.49. The molecule has 2 aromatic rings. The lowest BCUT2D eigenvalue weighted by Gasteiger charge is -2.13. The molecular weight excluding hydrogens is 484 g/mol. The minimum Gasteiger partial charge on any atom is -0.351 e. The molecule has 3 amide bonds. The number of hydrogen-bond acceptors (Lipinski definition) is 8. The van der Waals surface area contributed by atoms with Gasteiger partial charge >= 0.3 is 0 Å². The molecule has 3 aliphatic rings. The van der Waals surface area contributed by atoms with Crippen LogP contribution in [0.3, 0.4) is 0 Å². The summed E-state index contributed by atoms with van der Waals surface area (Å²) in [6.45, 7) is 4.96. The van der Waals surface area contributed by atoms with Crippen molar-refractivity contribution in [3.63, 3.8) is 0 Å². The van der Waals surface area contributed by atoms with Crippen LogP contribution in [0.5, 0.6) is 0 Å². The minimum absolute atomic E-state index is 0.0890. The van der Waals surface area contributed by atoms with Crippen molar-refractivity contribution >= 4 is 46.1 Å². The summed E-state index contributed by atoms with van der Waals surface area (Å²) in [6, 6.07) is 0.217. The van der Waals surface area contributed by atoms with E-state index in [4.69, 9.17) is 0 Å². The summed E-state index contributed by atoms with van der Waals surface area (Å²) in [6.07, 6.45) is 4.51. The fourth-order valence-corrected chi connectivity index (χ4v) is 6.04. The van der Waals surface area contributed by atoms with Crippen LogP contribution in [0.25, 0.3) is 10.7 Å². The minimum atomic E-state index is -0.349. The normalized spacial score (nSPS) is 20.2. The molecule has 184 valence electrons. The lowest BCUT2D eigenvalue weighted by atomic mass is 9.95. The number of carbonyl (C=O) groups is 3. The molecule has 1 fully saturated rings. The van der Waals surface area contributed by atoms with Gasteiger partial charge in [0.15, 0.2) is 0 Å². The zero-order valence-corrected chi connectivity index (χ0v) is 21.4. The second kappa shape index (κ2) is 9.62. The topological polar surface area (TPSA) is 125 Å². The molecule has 5 rings (SSSR count). The van der Waals surface area contributed by atoms with Crippen LogP contribution in [0.4, 0.5) is 0 Å². The van der Waals surface area contributed by atoms with Crippen molar-refractivity contribution in [2.75, 3.05) is 6.54 Å². The van der Waals surface area contributed by atoms with Crippen molar-refractivity contribution in [1.29, 1.82) is 0 Å². The van der Waals surface area contributed by atoms with Gasteiger partial charge in [-0.1, -0.05) is 6.92 Å². The first-order valence-electron chi connectivity index (χ1n) is 12.0. The van der Waals surface area contributed by atoms with Crippen molar-refractivity contribution in [2.24, 2.45) is 4.99 Å². The van der Waals surface area contributed by atoms with Crippen LogP contribution in [0.1, 0.15) is 67.9 Å².